The van der Waals surface area contributed by atoms with Crippen LogP contribution >= 0.6 is 15.9 Å². The minimum Gasteiger partial charge on any atom is -0.480 e. The summed E-state index contributed by atoms with van der Waals surface area (Å²) in [4.78, 5) is 12.8. The quantitative estimate of drug-likeness (QED) is 0.904. The van der Waals surface area contributed by atoms with Gasteiger partial charge in [0, 0.05) is 11.0 Å². The first kappa shape index (κ1) is 13.2. The molecule has 0 saturated carbocycles. The van der Waals surface area contributed by atoms with E-state index >= 15 is 0 Å². The van der Waals surface area contributed by atoms with Crippen LogP contribution in [0.3, 0.4) is 0 Å². The van der Waals surface area contributed by atoms with Crippen LogP contribution in [0.25, 0.3) is 0 Å². The number of likely N-dealkylation sites (N-methyl/N-ethyl adjacent to an activating group) is 1. The SMILES string of the molecule is CCC(C(=O)O)N(C)Cc1ccc(Br)cc1. The number of hydrogen-bond acceptors (Lipinski definition) is 2. The van der Waals surface area contributed by atoms with Crippen LogP contribution in [0.5, 0.6) is 0 Å². The van der Waals surface area contributed by atoms with Crippen LogP contribution < -0.4 is 0 Å². The van der Waals surface area contributed by atoms with E-state index in [1.807, 2.05) is 43.1 Å². The van der Waals surface area contributed by atoms with E-state index < -0.39 is 12.0 Å². The lowest BCUT2D eigenvalue weighted by molar-refractivity contribution is -0.143. The van der Waals surface area contributed by atoms with Gasteiger partial charge in [-0.2, -0.15) is 0 Å². The van der Waals surface area contributed by atoms with E-state index in [1.165, 1.54) is 0 Å². The number of nitrogens with zero attached hydrogens (tertiary/aromatic N) is 1. The second-order valence-electron chi connectivity index (χ2n) is 3.80. The highest BCUT2D eigenvalue weighted by atomic mass is 79.9. The zero-order valence-electron chi connectivity index (χ0n) is 9.48. The van der Waals surface area contributed by atoms with E-state index in [9.17, 15) is 4.79 Å². The third kappa shape index (κ3) is 3.61. The molecule has 0 aliphatic heterocycles. The Morgan fingerprint density at radius 2 is 2.00 bits per heavy atom. The fraction of sp³-hybridized carbons (Fsp3) is 0.417. The zero-order chi connectivity index (χ0) is 12.1. The first-order valence-corrected chi connectivity index (χ1v) is 6.01. The molecule has 0 aromatic heterocycles. The molecule has 0 bridgehead atoms. The van der Waals surface area contributed by atoms with Crippen molar-refractivity contribution >= 4 is 21.9 Å². The molecule has 0 fully saturated rings. The van der Waals surface area contributed by atoms with E-state index in [2.05, 4.69) is 15.9 Å². The van der Waals surface area contributed by atoms with Crippen molar-refractivity contribution in [3.05, 3.63) is 34.3 Å². The number of carbonyl (C=O) groups is 1. The number of carboxylic acids is 1. The van der Waals surface area contributed by atoms with E-state index in [1.54, 1.807) is 0 Å². The summed E-state index contributed by atoms with van der Waals surface area (Å²) < 4.78 is 1.03. The first-order valence-electron chi connectivity index (χ1n) is 5.22. The van der Waals surface area contributed by atoms with Crippen LogP contribution in [0, 0.1) is 0 Å². The molecule has 0 heterocycles. The van der Waals surface area contributed by atoms with Gasteiger partial charge in [-0.3, -0.25) is 9.69 Å². The average Bonchev–Trinajstić information content (AvgIpc) is 2.22. The molecular formula is C12H16BrNO2. The molecule has 0 aliphatic carbocycles. The minimum atomic E-state index is -0.762. The van der Waals surface area contributed by atoms with Crippen LogP contribution in [0.1, 0.15) is 18.9 Å². The van der Waals surface area contributed by atoms with Crippen molar-refractivity contribution < 1.29 is 9.90 Å². The number of benzene rings is 1. The van der Waals surface area contributed by atoms with Gasteiger partial charge >= 0.3 is 5.97 Å². The molecule has 0 spiro atoms. The lowest BCUT2D eigenvalue weighted by Gasteiger charge is -2.23. The molecule has 88 valence electrons. The Labute approximate surface area is 104 Å². The van der Waals surface area contributed by atoms with Crippen molar-refractivity contribution in [3.63, 3.8) is 0 Å². The topological polar surface area (TPSA) is 40.5 Å². The summed E-state index contributed by atoms with van der Waals surface area (Å²) in [5.41, 5.74) is 1.12. The molecule has 1 N–H and O–H groups in total. The van der Waals surface area contributed by atoms with Crippen molar-refractivity contribution in [1.82, 2.24) is 4.90 Å². The Balaban J connectivity index is 2.66. The number of rotatable bonds is 5. The van der Waals surface area contributed by atoms with Crippen molar-refractivity contribution in [2.24, 2.45) is 0 Å². The molecule has 1 rings (SSSR count). The summed E-state index contributed by atoms with van der Waals surface area (Å²) in [5, 5.41) is 9.02. The van der Waals surface area contributed by atoms with Gasteiger partial charge in [-0.05, 0) is 31.2 Å². The predicted octanol–water partition coefficient (Wildman–Crippen LogP) is 2.74. The van der Waals surface area contributed by atoms with Gasteiger partial charge < -0.3 is 5.11 Å². The average molecular weight is 286 g/mol. The van der Waals surface area contributed by atoms with Gasteiger partial charge in [-0.25, -0.2) is 0 Å². The Kier molecular flexibility index (Phi) is 4.96. The number of hydrogen-bond donors (Lipinski definition) is 1. The molecule has 1 aromatic carbocycles. The molecule has 3 nitrogen and oxygen atoms in total. The normalized spacial score (nSPS) is 12.8. The third-order valence-corrected chi connectivity index (χ3v) is 3.08. The van der Waals surface area contributed by atoms with Gasteiger partial charge in [-0.15, -0.1) is 0 Å². The van der Waals surface area contributed by atoms with E-state index in [0.717, 1.165) is 10.0 Å². The van der Waals surface area contributed by atoms with Crippen molar-refractivity contribution in [1.29, 1.82) is 0 Å². The molecule has 1 unspecified atom stereocenters. The highest BCUT2D eigenvalue weighted by Gasteiger charge is 2.20. The maximum absolute atomic E-state index is 11.0. The molecule has 0 aliphatic rings. The van der Waals surface area contributed by atoms with Crippen LogP contribution in [0.2, 0.25) is 0 Å². The Bertz CT molecular complexity index is 351. The minimum absolute atomic E-state index is 0.413. The van der Waals surface area contributed by atoms with Crippen LogP contribution in [-0.2, 0) is 11.3 Å². The number of halogens is 1. The maximum atomic E-state index is 11.0. The van der Waals surface area contributed by atoms with Crippen LogP contribution in [0.15, 0.2) is 28.7 Å². The summed E-state index contributed by atoms with van der Waals surface area (Å²) in [6.45, 7) is 2.54. The highest BCUT2D eigenvalue weighted by molar-refractivity contribution is 9.10. The zero-order valence-corrected chi connectivity index (χ0v) is 11.1. The van der Waals surface area contributed by atoms with E-state index in [4.69, 9.17) is 5.11 Å². The summed E-state index contributed by atoms with van der Waals surface area (Å²) in [5.74, 6) is -0.762. The van der Waals surface area contributed by atoms with Gasteiger partial charge in [0.15, 0.2) is 0 Å². The second kappa shape index (κ2) is 6.01. The lowest BCUT2D eigenvalue weighted by atomic mass is 10.1. The van der Waals surface area contributed by atoms with E-state index in [-0.39, 0.29) is 0 Å². The van der Waals surface area contributed by atoms with Gasteiger partial charge in [-0.1, -0.05) is 35.0 Å². The van der Waals surface area contributed by atoms with Gasteiger partial charge in [0.1, 0.15) is 6.04 Å². The molecular weight excluding hydrogens is 270 g/mol. The fourth-order valence-corrected chi connectivity index (χ4v) is 1.93. The number of carboxylic acid groups (broad SMARTS) is 1. The molecule has 0 saturated heterocycles. The van der Waals surface area contributed by atoms with Gasteiger partial charge in [0.25, 0.3) is 0 Å². The monoisotopic (exact) mass is 285 g/mol. The highest BCUT2D eigenvalue weighted by Crippen LogP contribution is 2.13. The first-order chi connectivity index (χ1) is 7.54. The summed E-state index contributed by atoms with van der Waals surface area (Å²) >= 11 is 3.37. The van der Waals surface area contributed by atoms with Crippen molar-refractivity contribution in [2.45, 2.75) is 25.9 Å². The summed E-state index contributed by atoms with van der Waals surface area (Å²) in [7, 11) is 1.84. The lowest BCUT2D eigenvalue weighted by Crippen LogP contribution is -2.37. The molecule has 4 heteroatoms. The van der Waals surface area contributed by atoms with Crippen molar-refractivity contribution in [2.75, 3.05) is 7.05 Å². The predicted molar refractivity (Wildman–Crippen MR) is 67.3 cm³/mol. The Morgan fingerprint density at radius 1 is 1.44 bits per heavy atom. The van der Waals surface area contributed by atoms with Crippen LogP contribution in [-0.4, -0.2) is 29.1 Å². The second-order valence-corrected chi connectivity index (χ2v) is 4.72. The molecule has 0 radical (unpaired) electrons. The number of aliphatic carboxylic acids is 1. The third-order valence-electron chi connectivity index (χ3n) is 2.55. The van der Waals surface area contributed by atoms with Gasteiger partial charge in [0.05, 0.1) is 0 Å². The maximum Gasteiger partial charge on any atom is 0.320 e. The largest absolute Gasteiger partial charge is 0.480 e. The Hall–Kier alpha value is -0.870. The summed E-state index contributed by atoms with van der Waals surface area (Å²) in [6, 6.07) is 7.50. The molecule has 1 atom stereocenters. The molecule has 0 amide bonds. The fourth-order valence-electron chi connectivity index (χ4n) is 1.66. The standard InChI is InChI=1S/C12H16BrNO2/c1-3-11(12(15)16)14(2)8-9-4-6-10(13)7-5-9/h4-7,11H,3,8H2,1-2H3,(H,15,16). The molecule has 1 aromatic rings. The molecule has 16 heavy (non-hydrogen) atoms. The van der Waals surface area contributed by atoms with Crippen molar-refractivity contribution in [3.8, 4) is 0 Å². The van der Waals surface area contributed by atoms with Gasteiger partial charge in [0.2, 0.25) is 0 Å². The van der Waals surface area contributed by atoms with Crippen LogP contribution in [0.4, 0.5) is 0 Å². The summed E-state index contributed by atoms with van der Waals surface area (Å²) in [6.07, 6.45) is 0.613. The Morgan fingerprint density at radius 3 is 2.44 bits per heavy atom. The smallest absolute Gasteiger partial charge is 0.320 e. The van der Waals surface area contributed by atoms with E-state index in [0.29, 0.717) is 13.0 Å².